The molecule has 0 bridgehead atoms. The molecule has 1 fully saturated rings. The van der Waals surface area contributed by atoms with Gasteiger partial charge in [0.2, 0.25) is 6.79 Å². The van der Waals surface area contributed by atoms with Gasteiger partial charge >= 0.3 is 0 Å². The highest BCUT2D eigenvalue weighted by Gasteiger charge is 2.21. The Kier molecular flexibility index (Phi) is 4.02. The normalized spacial score (nSPS) is 17.5. The lowest BCUT2D eigenvalue weighted by Crippen LogP contribution is -3.13. The van der Waals surface area contributed by atoms with Gasteiger partial charge in [0.05, 0.1) is 26.2 Å². The SMILES string of the molecule is Clc1ccc(N2CC[NH+](Cc3ccc4c(c3)OCO4)CC2)cc1. The van der Waals surface area contributed by atoms with E-state index in [1.807, 2.05) is 18.2 Å². The van der Waals surface area contributed by atoms with E-state index in [-0.39, 0.29) is 0 Å². The molecule has 0 aromatic heterocycles. The largest absolute Gasteiger partial charge is 0.454 e. The number of hydrogen-bond acceptors (Lipinski definition) is 3. The molecule has 2 aromatic carbocycles. The molecule has 0 radical (unpaired) electrons. The van der Waals surface area contributed by atoms with Crippen molar-refractivity contribution in [2.24, 2.45) is 0 Å². The molecule has 23 heavy (non-hydrogen) atoms. The fourth-order valence-electron chi connectivity index (χ4n) is 3.25. The quantitative estimate of drug-likeness (QED) is 0.931. The standard InChI is InChI=1S/C18H19ClN2O2/c19-15-2-4-16(5-3-15)21-9-7-20(8-10-21)12-14-1-6-17-18(11-14)23-13-22-17/h1-6,11H,7-10,12-13H2/p+1. The summed E-state index contributed by atoms with van der Waals surface area (Å²) in [5.74, 6) is 1.73. The van der Waals surface area contributed by atoms with Crippen molar-refractivity contribution >= 4 is 17.3 Å². The van der Waals surface area contributed by atoms with Crippen LogP contribution in [0.4, 0.5) is 5.69 Å². The smallest absolute Gasteiger partial charge is 0.231 e. The number of benzene rings is 2. The Morgan fingerprint density at radius 3 is 2.48 bits per heavy atom. The van der Waals surface area contributed by atoms with E-state index in [0.29, 0.717) is 6.79 Å². The maximum atomic E-state index is 5.96. The molecule has 0 saturated carbocycles. The van der Waals surface area contributed by atoms with E-state index in [9.17, 15) is 0 Å². The van der Waals surface area contributed by atoms with Gasteiger partial charge in [-0.15, -0.1) is 0 Å². The Labute approximate surface area is 141 Å². The second-order valence-corrected chi connectivity index (χ2v) is 6.51. The topological polar surface area (TPSA) is 26.1 Å². The molecule has 0 spiro atoms. The first-order valence-electron chi connectivity index (χ1n) is 8.00. The average molecular weight is 332 g/mol. The minimum atomic E-state index is 0.339. The summed E-state index contributed by atoms with van der Waals surface area (Å²) in [5.41, 5.74) is 2.57. The summed E-state index contributed by atoms with van der Waals surface area (Å²) in [7, 11) is 0. The van der Waals surface area contributed by atoms with Crippen molar-refractivity contribution in [1.82, 2.24) is 0 Å². The van der Waals surface area contributed by atoms with Crippen LogP contribution in [0.15, 0.2) is 42.5 Å². The zero-order valence-electron chi connectivity index (χ0n) is 12.9. The minimum Gasteiger partial charge on any atom is -0.454 e. The van der Waals surface area contributed by atoms with Gasteiger partial charge in [0.1, 0.15) is 6.54 Å². The molecule has 5 heteroatoms. The summed E-state index contributed by atoms with van der Waals surface area (Å²) in [6, 6.07) is 14.4. The average Bonchev–Trinajstić information content (AvgIpc) is 3.04. The predicted octanol–water partition coefficient (Wildman–Crippen LogP) is 1.97. The van der Waals surface area contributed by atoms with E-state index in [0.717, 1.165) is 49.2 Å². The molecule has 2 aromatic rings. The van der Waals surface area contributed by atoms with Crippen molar-refractivity contribution in [3.63, 3.8) is 0 Å². The highest BCUT2D eigenvalue weighted by atomic mass is 35.5. The summed E-state index contributed by atoms with van der Waals surface area (Å²) in [4.78, 5) is 4.04. The van der Waals surface area contributed by atoms with Gasteiger partial charge in [0.15, 0.2) is 11.5 Å². The van der Waals surface area contributed by atoms with Gasteiger partial charge in [-0.1, -0.05) is 11.6 Å². The van der Waals surface area contributed by atoms with Gasteiger partial charge in [-0.05, 0) is 42.5 Å². The van der Waals surface area contributed by atoms with Gasteiger partial charge < -0.3 is 19.3 Å². The van der Waals surface area contributed by atoms with Gasteiger partial charge in [0, 0.05) is 16.3 Å². The fraction of sp³-hybridized carbons (Fsp3) is 0.333. The van der Waals surface area contributed by atoms with Crippen molar-refractivity contribution in [3.8, 4) is 11.5 Å². The molecule has 2 aliphatic heterocycles. The van der Waals surface area contributed by atoms with Crippen LogP contribution < -0.4 is 19.3 Å². The van der Waals surface area contributed by atoms with Crippen molar-refractivity contribution in [2.75, 3.05) is 37.9 Å². The Morgan fingerprint density at radius 2 is 1.70 bits per heavy atom. The molecular weight excluding hydrogens is 312 g/mol. The maximum absolute atomic E-state index is 5.96. The van der Waals surface area contributed by atoms with Crippen molar-refractivity contribution < 1.29 is 14.4 Å². The number of halogens is 1. The van der Waals surface area contributed by atoms with Crippen LogP contribution in [-0.4, -0.2) is 33.0 Å². The fourth-order valence-corrected chi connectivity index (χ4v) is 3.38. The van der Waals surface area contributed by atoms with E-state index < -0.39 is 0 Å². The molecule has 1 N–H and O–H groups in total. The molecule has 4 rings (SSSR count). The van der Waals surface area contributed by atoms with Crippen molar-refractivity contribution in [3.05, 3.63) is 53.1 Å². The van der Waals surface area contributed by atoms with E-state index in [2.05, 4.69) is 29.2 Å². The lowest BCUT2D eigenvalue weighted by atomic mass is 10.1. The lowest BCUT2D eigenvalue weighted by Gasteiger charge is -2.33. The van der Waals surface area contributed by atoms with Crippen LogP contribution in [0, 0.1) is 0 Å². The molecule has 0 amide bonds. The number of nitrogens with zero attached hydrogens (tertiary/aromatic N) is 1. The summed E-state index contributed by atoms with van der Waals surface area (Å²) >= 11 is 5.96. The second-order valence-electron chi connectivity index (χ2n) is 6.08. The van der Waals surface area contributed by atoms with Gasteiger partial charge in [0.25, 0.3) is 0 Å². The van der Waals surface area contributed by atoms with E-state index in [1.54, 1.807) is 4.90 Å². The Balaban J connectivity index is 1.35. The molecule has 0 unspecified atom stereocenters. The molecular formula is C18H20ClN2O2+. The number of ether oxygens (including phenoxy) is 2. The third-order valence-corrected chi connectivity index (χ3v) is 4.81. The highest BCUT2D eigenvalue weighted by molar-refractivity contribution is 6.30. The molecule has 120 valence electrons. The van der Waals surface area contributed by atoms with E-state index in [1.165, 1.54) is 11.3 Å². The maximum Gasteiger partial charge on any atom is 0.231 e. The predicted molar refractivity (Wildman–Crippen MR) is 90.6 cm³/mol. The number of quaternary nitrogens is 1. The van der Waals surface area contributed by atoms with Crippen molar-refractivity contribution in [1.29, 1.82) is 0 Å². The van der Waals surface area contributed by atoms with Crippen LogP contribution in [0.2, 0.25) is 5.02 Å². The number of piperazine rings is 1. The number of anilines is 1. The zero-order valence-corrected chi connectivity index (χ0v) is 13.7. The van der Waals surface area contributed by atoms with E-state index >= 15 is 0 Å². The van der Waals surface area contributed by atoms with Crippen LogP contribution in [0.1, 0.15) is 5.56 Å². The Hall–Kier alpha value is -1.91. The van der Waals surface area contributed by atoms with Gasteiger partial charge in [-0.2, -0.15) is 0 Å². The van der Waals surface area contributed by atoms with Gasteiger partial charge in [-0.25, -0.2) is 0 Å². The summed E-state index contributed by atoms with van der Waals surface area (Å²) in [6.07, 6.45) is 0. The Morgan fingerprint density at radius 1 is 0.957 bits per heavy atom. The zero-order chi connectivity index (χ0) is 15.6. The van der Waals surface area contributed by atoms with Crippen molar-refractivity contribution in [2.45, 2.75) is 6.54 Å². The third kappa shape index (κ3) is 3.23. The number of nitrogens with one attached hydrogen (secondary N) is 1. The summed E-state index contributed by atoms with van der Waals surface area (Å²) in [6.45, 7) is 5.79. The van der Waals surface area contributed by atoms with Crippen LogP contribution in [0.5, 0.6) is 11.5 Å². The third-order valence-electron chi connectivity index (χ3n) is 4.55. The van der Waals surface area contributed by atoms with Crippen LogP contribution in [0.25, 0.3) is 0 Å². The van der Waals surface area contributed by atoms with Crippen LogP contribution in [0.3, 0.4) is 0 Å². The molecule has 0 aliphatic carbocycles. The molecule has 1 saturated heterocycles. The summed E-state index contributed by atoms with van der Waals surface area (Å²) in [5, 5.41) is 0.792. The molecule has 2 heterocycles. The monoisotopic (exact) mass is 331 g/mol. The van der Waals surface area contributed by atoms with Crippen LogP contribution >= 0.6 is 11.6 Å². The minimum absolute atomic E-state index is 0.339. The first kappa shape index (κ1) is 14.7. The molecule has 4 nitrogen and oxygen atoms in total. The molecule has 0 atom stereocenters. The number of hydrogen-bond donors (Lipinski definition) is 1. The second kappa shape index (κ2) is 6.30. The van der Waals surface area contributed by atoms with Gasteiger partial charge in [-0.3, -0.25) is 0 Å². The molecule has 2 aliphatic rings. The highest BCUT2D eigenvalue weighted by Crippen LogP contribution is 2.32. The first-order chi connectivity index (χ1) is 11.3. The number of fused-ring (bicyclic) bond motifs is 1. The first-order valence-corrected chi connectivity index (χ1v) is 8.38. The lowest BCUT2D eigenvalue weighted by molar-refractivity contribution is -0.914. The summed E-state index contributed by atoms with van der Waals surface area (Å²) < 4.78 is 10.8. The van der Waals surface area contributed by atoms with E-state index in [4.69, 9.17) is 21.1 Å². The van der Waals surface area contributed by atoms with Crippen LogP contribution in [-0.2, 0) is 6.54 Å². The number of rotatable bonds is 3. The Bertz CT molecular complexity index is 682.